The van der Waals surface area contributed by atoms with Gasteiger partial charge in [-0.1, -0.05) is 29.3 Å². The van der Waals surface area contributed by atoms with Crippen molar-refractivity contribution in [1.82, 2.24) is 0 Å². The fourth-order valence-corrected chi connectivity index (χ4v) is 4.08. The minimum absolute atomic E-state index is 0.221. The molecule has 0 aromatic heterocycles. The van der Waals surface area contributed by atoms with Crippen LogP contribution in [-0.4, -0.2) is 26.9 Å². The molecule has 0 bridgehead atoms. The summed E-state index contributed by atoms with van der Waals surface area (Å²) in [5.41, 5.74) is 0.745. The number of hydrogen-bond acceptors (Lipinski definition) is 3. The molecule has 19 heavy (non-hydrogen) atoms. The Bertz CT molecular complexity index is 542. The quantitative estimate of drug-likeness (QED) is 0.927. The van der Waals surface area contributed by atoms with Crippen LogP contribution in [0.3, 0.4) is 0 Å². The Morgan fingerprint density at radius 3 is 2.53 bits per heavy atom. The highest BCUT2D eigenvalue weighted by Gasteiger charge is 2.34. The van der Waals surface area contributed by atoms with Gasteiger partial charge in [0.2, 0.25) is 10.0 Å². The lowest BCUT2D eigenvalue weighted by molar-refractivity contribution is 0.0573. The molecule has 0 unspecified atom stereocenters. The van der Waals surface area contributed by atoms with Crippen molar-refractivity contribution in [1.29, 1.82) is 0 Å². The van der Waals surface area contributed by atoms with Crippen LogP contribution < -0.4 is 5.14 Å². The van der Waals surface area contributed by atoms with E-state index in [2.05, 4.69) is 0 Å². The number of benzene rings is 1. The third-order valence-corrected chi connectivity index (χ3v) is 5.53. The van der Waals surface area contributed by atoms with Crippen LogP contribution in [0.2, 0.25) is 10.0 Å². The summed E-state index contributed by atoms with van der Waals surface area (Å²) in [6.07, 6.45) is 0.852. The standard InChI is InChI=1S/C12H15Cl2NO3S/c13-10-2-1-3-11(14)9(10)6-8-7-18-5-4-12(8)19(15,16)17/h1-3,8,12H,4-7H2,(H2,15,16,17)/t8-,12+/m0/s1. The SMILES string of the molecule is NS(=O)(=O)[C@@H]1CCOC[C@@H]1Cc1c(Cl)cccc1Cl. The lowest BCUT2D eigenvalue weighted by atomic mass is 9.93. The van der Waals surface area contributed by atoms with Gasteiger partial charge in [-0.05, 0) is 30.5 Å². The third kappa shape index (κ3) is 3.61. The second kappa shape index (κ2) is 5.97. The Morgan fingerprint density at radius 1 is 1.32 bits per heavy atom. The van der Waals surface area contributed by atoms with E-state index in [1.54, 1.807) is 18.2 Å². The van der Waals surface area contributed by atoms with Gasteiger partial charge in [-0.15, -0.1) is 0 Å². The van der Waals surface area contributed by atoms with Gasteiger partial charge in [-0.2, -0.15) is 0 Å². The molecule has 1 aliphatic rings. The van der Waals surface area contributed by atoms with Crippen LogP contribution in [0.1, 0.15) is 12.0 Å². The van der Waals surface area contributed by atoms with Gasteiger partial charge in [0.15, 0.2) is 0 Å². The largest absolute Gasteiger partial charge is 0.381 e. The molecule has 1 aromatic carbocycles. The summed E-state index contributed by atoms with van der Waals surface area (Å²) in [5, 5.41) is 5.74. The van der Waals surface area contributed by atoms with Crippen LogP contribution in [0.5, 0.6) is 0 Å². The first kappa shape index (κ1) is 15.1. The average molecular weight is 324 g/mol. The Balaban J connectivity index is 2.25. The van der Waals surface area contributed by atoms with Gasteiger partial charge in [0.25, 0.3) is 0 Å². The second-order valence-electron chi connectivity index (χ2n) is 4.66. The molecule has 1 aliphatic heterocycles. The summed E-state index contributed by atoms with van der Waals surface area (Å²) in [4.78, 5) is 0. The molecule has 106 valence electrons. The Kier molecular flexibility index (Phi) is 4.74. The van der Waals surface area contributed by atoms with E-state index >= 15 is 0 Å². The molecule has 0 amide bonds. The van der Waals surface area contributed by atoms with Gasteiger partial charge < -0.3 is 4.74 Å². The summed E-state index contributed by atoms with van der Waals surface area (Å²) in [6.45, 7) is 0.760. The minimum Gasteiger partial charge on any atom is -0.381 e. The molecule has 0 radical (unpaired) electrons. The maximum atomic E-state index is 11.6. The molecule has 1 saturated heterocycles. The summed E-state index contributed by atoms with van der Waals surface area (Å²) in [6, 6.07) is 5.22. The molecule has 7 heteroatoms. The zero-order valence-electron chi connectivity index (χ0n) is 10.2. The van der Waals surface area contributed by atoms with Gasteiger partial charge in [0.1, 0.15) is 0 Å². The van der Waals surface area contributed by atoms with Crippen LogP contribution in [-0.2, 0) is 21.2 Å². The smallest absolute Gasteiger partial charge is 0.212 e. The highest BCUT2D eigenvalue weighted by molar-refractivity contribution is 7.89. The Morgan fingerprint density at radius 2 is 1.95 bits per heavy atom. The topological polar surface area (TPSA) is 69.4 Å². The maximum absolute atomic E-state index is 11.6. The molecule has 0 aliphatic carbocycles. The normalized spacial score (nSPS) is 24.4. The monoisotopic (exact) mass is 323 g/mol. The summed E-state index contributed by atoms with van der Waals surface area (Å²) < 4.78 is 28.6. The van der Waals surface area contributed by atoms with E-state index in [0.717, 1.165) is 5.56 Å². The van der Waals surface area contributed by atoms with Gasteiger partial charge in [0.05, 0.1) is 11.9 Å². The van der Waals surface area contributed by atoms with E-state index in [1.165, 1.54) is 0 Å². The van der Waals surface area contributed by atoms with Crippen molar-refractivity contribution in [2.75, 3.05) is 13.2 Å². The first-order valence-electron chi connectivity index (χ1n) is 5.92. The van der Waals surface area contributed by atoms with Crippen molar-refractivity contribution < 1.29 is 13.2 Å². The first-order chi connectivity index (χ1) is 8.89. The van der Waals surface area contributed by atoms with Gasteiger partial charge in [0, 0.05) is 22.6 Å². The Hall–Kier alpha value is -0.330. The van der Waals surface area contributed by atoms with E-state index < -0.39 is 15.3 Å². The molecule has 0 spiro atoms. The number of halogens is 2. The molecular formula is C12H15Cl2NO3S. The maximum Gasteiger partial charge on any atom is 0.212 e. The molecule has 1 heterocycles. The van der Waals surface area contributed by atoms with Gasteiger partial charge in [-0.25, -0.2) is 13.6 Å². The Labute approximate surface area is 122 Å². The van der Waals surface area contributed by atoms with E-state index in [0.29, 0.717) is 36.1 Å². The fraction of sp³-hybridized carbons (Fsp3) is 0.500. The molecule has 2 atom stereocenters. The lowest BCUT2D eigenvalue weighted by Gasteiger charge is -2.30. The second-order valence-corrected chi connectivity index (χ2v) is 7.25. The van der Waals surface area contributed by atoms with Crippen LogP contribution in [0.15, 0.2) is 18.2 Å². The molecular weight excluding hydrogens is 309 g/mol. The van der Waals surface area contributed by atoms with E-state index in [-0.39, 0.29) is 5.92 Å². The predicted molar refractivity (Wildman–Crippen MR) is 76.0 cm³/mol. The summed E-state index contributed by atoms with van der Waals surface area (Å²) >= 11 is 12.2. The molecule has 1 aromatic rings. The van der Waals surface area contributed by atoms with Crippen molar-refractivity contribution in [2.24, 2.45) is 11.1 Å². The van der Waals surface area contributed by atoms with Crippen LogP contribution in [0.4, 0.5) is 0 Å². The van der Waals surface area contributed by atoms with E-state index in [9.17, 15) is 8.42 Å². The van der Waals surface area contributed by atoms with Gasteiger partial charge >= 0.3 is 0 Å². The minimum atomic E-state index is -3.59. The van der Waals surface area contributed by atoms with Crippen LogP contribution in [0, 0.1) is 5.92 Å². The zero-order chi connectivity index (χ0) is 14.0. The van der Waals surface area contributed by atoms with Gasteiger partial charge in [-0.3, -0.25) is 0 Å². The van der Waals surface area contributed by atoms with Crippen LogP contribution in [0.25, 0.3) is 0 Å². The number of sulfonamides is 1. The molecule has 2 N–H and O–H groups in total. The highest BCUT2D eigenvalue weighted by atomic mass is 35.5. The van der Waals surface area contributed by atoms with Crippen molar-refractivity contribution in [2.45, 2.75) is 18.1 Å². The highest BCUT2D eigenvalue weighted by Crippen LogP contribution is 2.31. The molecule has 1 fully saturated rings. The molecule has 2 rings (SSSR count). The zero-order valence-corrected chi connectivity index (χ0v) is 12.5. The van der Waals surface area contributed by atoms with Crippen molar-refractivity contribution >= 4 is 33.2 Å². The van der Waals surface area contributed by atoms with E-state index in [1.807, 2.05) is 0 Å². The number of primary sulfonamides is 1. The molecule has 0 saturated carbocycles. The summed E-state index contributed by atoms with van der Waals surface area (Å²) in [5.74, 6) is -0.221. The predicted octanol–water partition coefficient (Wildman–Crippen LogP) is 2.23. The van der Waals surface area contributed by atoms with E-state index in [4.69, 9.17) is 33.1 Å². The first-order valence-corrected chi connectivity index (χ1v) is 8.28. The third-order valence-electron chi connectivity index (χ3n) is 3.35. The van der Waals surface area contributed by atoms with Crippen molar-refractivity contribution in [3.63, 3.8) is 0 Å². The fourth-order valence-electron chi connectivity index (χ4n) is 2.39. The number of nitrogens with two attached hydrogens (primary N) is 1. The summed E-state index contributed by atoms with van der Waals surface area (Å²) in [7, 11) is -3.59. The van der Waals surface area contributed by atoms with Crippen molar-refractivity contribution in [3.8, 4) is 0 Å². The lowest BCUT2D eigenvalue weighted by Crippen LogP contribution is -2.42. The molecule has 4 nitrogen and oxygen atoms in total. The number of hydrogen-bond donors (Lipinski definition) is 1. The number of ether oxygens (including phenoxy) is 1. The van der Waals surface area contributed by atoms with Crippen LogP contribution >= 0.6 is 23.2 Å². The van der Waals surface area contributed by atoms with Crippen molar-refractivity contribution in [3.05, 3.63) is 33.8 Å². The average Bonchev–Trinajstić information content (AvgIpc) is 2.33. The number of rotatable bonds is 3.